The van der Waals surface area contributed by atoms with E-state index >= 15 is 0 Å². The first kappa shape index (κ1) is 21.7. The third kappa shape index (κ3) is 5.44. The van der Waals surface area contributed by atoms with Gasteiger partial charge < -0.3 is 15.8 Å². The van der Waals surface area contributed by atoms with Crippen LogP contribution in [-0.4, -0.2) is 32.9 Å². The molecule has 0 aromatic heterocycles. The van der Waals surface area contributed by atoms with Gasteiger partial charge in [-0.3, -0.25) is 9.59 Å². The lowest BCUT2D eigenvalue weighted by Crippen LogP contribution is -2.41. The number of sulfonamides is 1. The summed E-state index contributed by atoms with van der Waals surface area (Å²) in [6.07, 6.45) is 0. The number of carbonyl (C=O) groups is 2. The van der Waals surface area contributed by atoms with Crippen LogP contribution in [0.4, 0.5) is 5.69 Å². The van der Waals surface area contributed by atoms with Gasteiger partial charge in [0.25, 0.3) is 0 Å². The monoisotopic (exact) mass is 425 g/mol. The molecule has 0 spiro atoms. The molecule has 0 saturated heterocycles. The number of halogens is 1. The van der Waals surface area contributed by atoms with E-state index in [1.165, 1.54) is 49.4 Å². The smallest absolute Gasteiger partial charge is 0.248 e. The van der Waals surface area contributed by atoms with Gasteiger partial charge in [0.05, 0.1) is 22.6 Å². The highest BCUT2D eigenvalue weighted by Gasteiger charge is 2.23. The highest BCUT2D eigenvalue weighted by Crippen LogP contribution is 2.27. The minimum absolute atomic E-state index is 0.0913. The average molecular weight is 426 g/mol. The van der Waals surface area contributed by atoms with E-state index in [4.69, 9.17) is 22.1 Å². The zero-order chi connectivity index (χ0) is 20.9. The third-order valence-electron chi connectivity index (χ3n) is 3.68. The first-order valence-electron chi connectivity index (χ1n) is 8.29. The summed E-state index contributed by atoms with van der Waals surface area (Å²) in [6, 6.07) is 8.87. The Labute approximate surface area is 168 Å². The third-order valence-corrected chi connectivity index (χ3v) is 5.51. The van der Waals surface area contributed by atoms with Crippen molar-refractivity contribution in [2.75, 3.05) is 11.9 Å². The maximum Gasteiger partial charge on any atom is 0.248 e. The van der Waals surface area contributed by atoms with Crippen molar-refractivity contribution in [3.63, 3.8) is 0 Å². The highest BCUT2D eigenvalue weighted by atomic mass is 35.5. The predicted molar refractivity (Wildman–Crippen MR) is 106 cm³/mol. The Hall–Kier alpha value is -2.62. The summed E-state index contributed by atoms with van der Waals surface area (Å²) in [5, 5.41) is 2.70. The summed E-state index contributed by atoms with van der Waals surface area (Å²) >= 11 is 6.03. The zero-order valence-corrected chi connectivity index (χ0v) is 16.8. The number of ether oxygens (including phenoxy) is 1. The van der Waals surface area contributed by atoms with Crippen LogP contribution in [0.3, 0.4) is 0 Å². The van der Waals surface area contributed by atoms with Crippen molar-refractivity contribution in [2.24, 2.45) is 5.73 Å². The standard InChI is InChI=1S/C18H20ClN3O5S/c1-3-27-16-9-8-14(10-15(16)19)28(25,26)22-11(2)18(24)21-13-6-4-12(5-7-13)17(20)23/h4-11,22H,3H2,1-2H3,(H2,20,23)(H,21,24)/t11-/m1/s1. The van der Waals surface area contributed by atoms with Crippen LogP contribution < -0.4 is 20.5 Å². The Balaban J connectivity index is 2.07. The van der Waals surface area contributed by atoms with Gasteiger partial charge >= 0.3 is 0 Å². The van der Waals surface area contributed by atoms with Crippen LogP contribution in [0.25, 0.3) is 0 Å². The van der Waals surface area contributed by atoms with Crippen molar-refractivity contribution in [3.8, 4) is 5.75 Å². The van der Waals surface area contributed by atoms with Gasteiger partial charge in [-0.05, 0) is 56.3 Å². The summed E-state index contributed by atoms with van der Waals surface area (Å²) < 4.78 is 32.6. The molecule has 0 saturated carbocycles. The van der Waals surface area contributed by atoms with Crippen molar-refractivity contribution in [3.05, 3.63) is 53.1 Å². The number of hydrogen-bond donors (Lipinski definition) is 3. The molecule has 150 valence electrons. The number of benzene rings is 2. The minimum atomic E-state index is -3.98. The second-order valence-electron chi connectivity index (χ2n) is 5.80. The number of anilines is 1. The fraction of sp³-hybridized carbons (Fsp3) is 0.222. The summed E-state index contributed by atoms with van der Waals surface area (Å²) in [5.41, 5.74) is 5.84. The van der Waals surface area contributed by atoms with E-state index in [-0.39, 0.29) is 9.92 Å². The Morgan fingerprint density at radius 3 is 2.36 bits per heavy atom. The van der Waals surface area contributed by atoms with E-state index in [9.17, 15) is 18.0 Å². The van der Waals surface area contributed by atoms with Gasteiger partial charge in [0, 0.05) is 11.3 Å². The second-order valence-corrected chi connectivity index (χ2v) is 7.92. The average Bonchev–Trinajstić information content (AvgIpc) is 2.63. The largest absolute Gasteiger partial charge is 0.492 e. The van der Waals surface area contributed by atoms with Gasteiger partial charge in [0.1, 0.15) is 5.75 Å². The van der Waals surface area contributed by atoms with Crippen molar-refractivity contribution >= 4 is 39.1 Å². The molecule has 0 heterocycles. The summed E-state index contributed by atoms with van der Waals surface area (Å²) in [4.78, 5) is 23.2. The summed E-state index contributed by atoms with van der Waals surface area (Å²) in [7, 11) is -3.98. The van der Waals surface area contributed by atoms with Crippen molar-refractivity contribution < 1.29 is 22.7 Å². The quantitative estimate of drug-likeness (QED) is 0.597. The minimum Gasteiger partial charge on any atom is -0.492 e. The molecule has 0 aliphatic heterocycles. The lowest BCUT2D eigenvalue weighted by atomic mass is 10.2. The number of rotatable bonds is 8. The van der Waals surface area contributed by atoms with Gasteiger partial charge in [-0.15, -0.1) is 0 Å². The number of amides is 2. The van der Waals surface area contributed by atoms with Gasteiger partial charge in [0.2, 0.25) is 21.8 Å². The lowest BCUT2D eigenvalue weighted by Gasteiger charge is -2.15. The Kier molecular flexibility index (Phi) is 7.00. The zero-order valence-electron chi connectivity index (χ0n) is 15.2. The SMILES string of the molecule is CCOc1ccc(S(=O)(=O)N[C@H](C)C(=O)Nc2ccc(C(N)=O)cc2)cc1Cl. The normalized spacial score (nSPS) is 12.2. The predicted octanol–water partition coefficient (Wildman–Crippen LogP) is 2.14. The molecule has 8 nitrogen and oxygen atoms in total. The molecule has 0 bridgehead atoms. The lowest BCUT2D eigenvalue weighted by molar-refractivity contribution is -0.117. The number of nitrogens with two attached hydrogens (primary N) is 1. The molecule has 2 aromatic rings. The summed E-state index contributed by atoms with van der Waals surface area (Å²) in [5.74, 6) is -0.797. The molecular weight excluding hydrogens is 406 g/mol. The molecule has 2 amide bonds. The van der Waals surface area contributed by atoms with Crippen LogP contribution >= 0.6 is 11.6 Å². The molecule has 2 aromatic carbocycles. The second kappa shape index (κ2) is 9.05. The molecule has 0 unspecified atom stereocenters. The van der Waals surface area contributed by atoms with E-state index in [1.54, 1.807) is 6.92 Å². The Bertz CT molecular complexity index is 977. The maximum absolute atomic E-state index is 12.5. The fourth-order valence-electron chi connectivity index (χ4n) is 2.24. The first-order chi connectivity index (χ1) is 13.1. The molecule has 0 radical (unpaired) electrons. The van der Waals surface area contributed by atoms with E-state index in [0.717, 1.165) is 0 Å². The molecular formula is C18H20ClN3O5S. The number of nitrogens with one attached hydrogen (secondary N) is 2. The van der Waals surface area contributed by atoms with Crippen LogP contribution in [0.5, 0.6) is 5.75 Å². The van der Waals surface area contributed by atoms with Gasteiger partial charge in [0.15, 0.2) is 0 Å². The van der Waals surface area contributed by atoms with E-state index in [1.807, 2.05) is 0 Å². The molecule has 2 rings (SSSR count). The molecule has 10 heteroatoms. The molecule has 28 heavy (non-hydrogen) atoms. The van der Waals surface area contributed by atoms with Crippen molar-refractivity contribution in [1.29, 1.82) is 0 Å². The molecule has 0 aliphatic carbocycles. The van der Waals surface area contributed by atoms with Crippen LogP contribution in [0, 0.1) is 0 Å². The van der Waals surface area contributed by atoms with Gasteiger partial charge in [-0.1, -0.05) is 11.6 Å². The molecule has 0 aliphatic rings. The molecule has 4 N–H and O–H groups in total. The maximum atomic E-state index is 12.5. The molecule has 0 fully saturated rings. The van der Waals surface area contributed by atoms with E-state index in [2.05, 4.69) is 10.0 Å². The fourth-order valence-corrected chi connectivity index (χ4v) is 3.77. The van der Waals surface area contributed by atoms with Crippen LogP contribution in [-0.2, 0) is 14.8 Å². The number of hydrogen-bond acceptors (Lipinski definition) is 5. The van der Waals surface area contributed by atoms with Crippen LogP contribution in [0.1, 0.15) is 24.2 Å². The van der Waals surface area contributed by atoms with Crippen molar-refractivity contribution in [2.45, 2.75) is 24.8 Å². The van der Waals surface area contributed by atoms with E-state index < -0.39 is 27.9 Å². The molecule has 1 atom stereocenters. The Morgan fingerprint density at radius 1 is 1.18 bits per heavy atom. The highest BCUT2D eigenvalue weighted by molar-refractivity contribution is 7.89. The van der Waals surface area contributed by atoms with E-state index in [0.29, 0.717) is 23.6 Å². The number of carbonyl (C=O) groups excluding carboxylic acids is 2. The van der Waals surface area contributed by atoms with Crippen LogP contribution in [0.15, 0.2) is 47.4 Å². The first-order valence-corrected chi connectivity index (χ1v) is 10.2. The topological polar surface area (TPSA) is 128 Å². The number of primary amides is 1. The summed E-state index contributed by atoms with van der Waals surface area (Å²) in [6.45, 7) is 3.58. The van der Waals surface area contributed by atoms with Crippen molar-refractivity contribution in [1.82, 2.24) is 4.72 Å². The van der Waals surface area contributed by atoms with Gasteiger partial charge in [-0.25, -0.2) is 8.42 Å². The Morgan fingerprint density at radius 2 is 1.82 bits per heavy atom. The van der Waals surface area contributed by atoms with Crippen LogP contribution in [0.2, 0.25) is 5.02 Å². The van der Waals surface area contributed by atoms with Gasteiger partial charge in [-0.2, -0.15) is 4.72 Å².